The molecular weight excluding hydrogens is 319 g/mol. The smallest absolute Gasteiger partial charge is 0.224 e. The minimum absolute atomic E-state index is 0.150. The maximum Gasteiger partial charge on any atom is 0.224 e. The molecule has 0 saturated heterocycles. The van der Waals surface area contributed by atoms with Crippen LogP contribution in [-0.2, 0) is 17.8 Å². The number of hydrogen-bond donors (Lipinski definition) is 1. The molecule has 0 spiro atoms. The Labute approximate surface area is 147 Å². The van der Waals surface area contributed by atoms with Gasteiger partial charge in [0.2, 0.25) is 5.91 Å². The molecule has 0 fully saturated rings. The van der Waals surface area contributed by atoms with E-state index in [1.54, 1.807) is 12.1 Å². The van der Waals surface area contributed by atoms with Gasteiger partial charge in [0.05, 0.1) is 5.69 Å². The van der Waals surface area contributed by atoms with E-state index in [0.717, 1.165) is 43.0 Å². The predicted octanol–water partition coefficient (Wildman–Crippen LogP) is 4.19. The quantitative estimate of drug-likeness (QED) is 0.908. The SMILES string of the molecule is CC(C)(C)CC(=O)Nc1cc(-c2nnc3n2CCCCC3)ccc1F. The first-order valence-electron chi connectivity index (χ1n) is 8.85. The molecule has 3 rings (SSSR count). The van der Waals surface area contributed by atoms with Gasteiger partial charge in [0.1, 0.15) is 11.6 Å². The van der Waals surface area contributed by atoms with Crippen molar-refractivity contribution in [1.29, 1.82) is 0 Å². The summed E-state index contributed by atoms with van der Waals surface area (Å²) >= 11 is 0. The molecule has 0 unspecified atom stereocenters. The van der Waals surface area contributed by atoms with E-state index < -0.39 is 5.82 Å². The lowest BCUT2D eigenvalue weighted by Gasteiger charge is -2.17. The Kier molecular flexibility index (Phi) is 4.88. The van der Waals surface area contributed by atoms with Gasteiger partial charge in [0, 0.05) is 24.9 Å². The summed E-state index contributed by atoms with van der Waals surface area (Å²) in [6.07, 6.45) is 4.64. The zero-order valence-corrected chi connectivity index (χ0v) is 15.1. The van der Waals surface area contributed by atoms with Gasteiger partial charge in [-0.1, -0.05) is 27.2 Å². The van der Waals surface area contributed by atoms with Crippen LogP contribution in [0.25, 0.3) is 11.4 Å². The fourth-order valence-electron chi connectivity index (χ4n) is 3.13. The van der Waals surface area contributed by atoms with E-state index in [-0.39, 0.29) is 17.0 Å². The molecule has 0 aliphatic carbocycles. The van der Waals surface area contributed by atoms with E-state index in [0.29, 0.717) is 6.42 Å². The molecule has 5 nitrogen and oxygen atoms in total. The Morgan fingerprint density at radius 3 is 2.80 bits per heavy atom. The van der Waals surface area contributed by atoms with Crippen molar-refractivity contribution in [3.05, 3.63) is 29.8 Å². The molecule has 1 aromatic heterocycles. The van der Waals surface area contributed by atoms with Gasteiger partial charge in [-0.05, 0) is 36.5 Å². The van der Waals surface area contributed by atoms with Gasteiger partial charge < -0.3 is 9.88 Å². The number of carbonyl (C=O) groups excluding carboxylic acids is 1. The topological polar surface area (TPSA) is 59.8 Å². The third kappa shape index (κ3) is 4.24. The summed E-state index contributed by atoms with van der Waals surface area (Å²) in [5.74, 6) is 1.09. The summed E-state index contributed by atoms with van der Waals surface area (Å²) in [7, 11) is 0. The van der Waals surface area contributed by atoms with Crippen molar-refractivity contribution in [2.24, 2.45) is 5.41 Å². The van der Waals surface area contributed by atoms with E-state index in [2.05, 4.69) is 20.1 Å². The maximum absolute atomic E-state index is 14.2. The van der Waals surface area contributed by atoms with Crippen molar-refractivity contribution in [1.82, 2.24) is 14.8 Å². The molecule has 6 heteroatoms. The first kappa shape index (κ1) is 17.6. The number of aryl methyl sites for hydroxylation is 1. The highest BCUT2D eigenvalue weighted by atomic mass is 19.1. The van der Waals surface area contributed by atoms with Crippen molar-refractivity contribution in [3.63, 3.8) is 0 Å². The molecule has 1 aliphatic heterocycles. The number of hydrogen-bond acceptors (Lipinski definition) is 3. The van der Waals surface area contributed by atoms with Crippen LogP contribution in [0.2, 0.25) is 0 Å². The van der Waals surface area contributed by atoms with Crippen LogP contribution in [0.4, 0.5) is 10.1 Å². The first-order valence-corrected chi connectivity index (χ1v) is 8.85. The van der Waals surface area contributed by atoms with E-state index >= 15 is 0 Å². The van der Waals surface area contributed by atoms with Gasteiger partial charge in [-0.3, -0.25) is 4.79 Å². The summed E-state index contributed by atoms with van der Waals surface area (Å²) in [4.78, 5) is 12.1. The number of benzene rings is 1. The minimum Gasteiger partial charge on any atom is -0.324 e. The highest BCUT2D eigenvalue weighted by molar-refractivity contribution is 5.91. The van der Waals surface area contributed by atoms with Gasteiger partial charge in [-0.25, -0.2) is 4.39 Å². The van der Waals surface area contributed by atoms with E-state index in [4.69, 9.17) is 0 Å². The van der Waals surface area contributed by atoms with Crippen LogP contribution in [0.5, 0.6) is 0 Å². The normalized spacial score (nSPS) is 14.7. The number of aromatic nitrogens is 3. The van der Waals surface area contributed by atoms with Crippen LogP contribution in [0.1, 0.15) is 52.3 Å². The van der Waals surface area contributed by atoms with Crippen molar-refractivity contribution < 1.29 is 9.18 Å². The number of amides is 1. The summed E-state index contributed by atoms with van der Waals surface area (Å²) in [6, 6.07) is 4.72. The second kappa shape index (κ2) is 6.94. The Morgan fingerprint density at radius 1 is 1.24 bits per heavy atom. The second-order valence-electron chi connectivity index (χ2n) is 7.88. The number of fused-ring (bicyclic) bond motifs is 1. The third-order valence-electron chi connectivity index (χ3n) is 4.30. The minimum atomic E-state index is -0.443. The van der Waals surface area contributed by atoms with Gasteiger partial charge in [0.25, 0.3) is 0 Å². The van der Waals surface area contributed by atoms with Gasteiger partial charge in [0.15, 0.2) is 5.82 Å². The molecule has 2 heterocycles. The summed E-state index contributed by atoms with van der Waals surface area (Å²) in [5.41, 5.74) is 0.813. The van der Waals surface area contributed by atoms with Crippen LogP contribution >= 0.6 is 0 Å². The van der Waals surface area contributed by atoms with Crippen LogP contribution in [0.3, 0.4) is 0 Å². The molecule has 1 amide bonds. The van der Waals surface area contributed by atoms with Crippen LogP contribution in [0, 0.1) is 11.2 Å². The molecule has 1 N–H and O–H groups in total. The Morgan fingerprint density at radius 2 is 2.04 bits per heavy atom. The average molecular weight is 344 g/mol. The summed E-state index contributed by atoms with van der Waals surface area (Å²) in [6.45, 7) is 6.81. The summed E-state index contributed by atoms with van der Waals surface area (Å²) < 4.78 is 16.3. The standard InChI is InChI=1S/C19H25FN4O/c1-19(2,3)12-17(25)21-15-11-13(8-9-14(15)20)18-23-22-16-7-5-4-6-10-24(16)18/h8-9,11H,4-7,10,12H2,1-3H3,(H,21,25). The molecule has 134 valence electrons. The second-order valence-corrected chi connectivity index (χ2v) is 7.88. The fraction of sp³-hybridized carbons (Fsp3) is 0.526. The summed E-state index contributed by atoms with van der Waals surface area (Å²) in [5, 5.41) is 11.3. The third-order valence-corrected chi connectivity index (χ3v) is 4.30. The number of anilines is 1. The highest BCUT2D eigenvalue weighted by Gasteiger charge is 2.19. The zero-order chi connectivity index (χ0) is 18.0. The average Bonchev–Trinajstić information content (AvgIpc) is 2.76. The van der Waals surface area contributed by atoms with E-state index in [1.807, 2.05) is 20.8 Å². The van der Waals surface area contributed by atoms with Crippen molar-refractivity contribution in [2.75, 3.05) is 5.32 Å². The molecule has 1 aromatic carbocycles. The molecule has 0 radical (unpaired) electrons. The molecule has 0 saturated carbocycles. The number of nitrogens with zero attached hydrogens (tertiary/aromatic N) is 3. The highest BCUT2D eigenvalue weighted by Crippen LogP contribution is 2.27. The maximum atomic E-state index is 14.2. The van der Waals surface area contributed by atoms with Crippen molar-refractivity contribution in [2.45, 2.75) is 59.4 Å². The molecule has 1 aliphatic rings. The van der Waals surface area contributed by atoms with Crippen LogP contribution in [-0.4, -0.2) is 20.7 Å². The molecule has 0 bridgehead atoms. The Hall–Kier alpha value is -2.24. The van der Waals surface area contributed by atoms with E-state index in [1.165, 1.54) is 12.5 Å². The molecule has 2 aromatic rings. The molecule has 0 atom stereocenters. The van der Waals surface area contributed by atoms with Crippen LogP contribution in [0.15, 0.2) is 18.2 Å². The Bertz CT molecular complexity index is 776. The monoisotopic (exact) mass is 344 g/mol. The lowest BCUT2D eigenvalue weighted by molar-refractivity contribution is -0.117. The largest absolute Gasteiger partial charge is 0.324 e. The molecular formula is C19H25FN4O. The first-order chi connectivity index (χ1) is 11.8. The lowest BCUT2D eigenvalue weighted by atomic mass is 9.92. The molecule has 25 heavy (non-hydrogen) atoms. The Balaban J connectivity index is 1.87. The van der Waals surface area contributed by atoms with Gasteiger partial charge in [-0.15, -0.1) is 10.2 Å². The van der Waals surface area contributed by atoms with Crippen molar-refractivity contribution >= 4 is 11.6 Å². The predicted molar refractivity (Wildman–Crippen MR) is 95.7 cm³/mol. The fourth-order valence-corrected chi connectivity index (χ4v) is 3.13. The van der Waals surface area contributed by atoms with Crippen LogP contribution < -0.4 is 5.32 Å². The van der Waals surface area contributed by atoms with Crippen molar-refractivity contribution in [3.8, 4) is 11.4 Å². The van der Waals surface area contributed by atoms with Gasteiger partial charge >= 0.3 is 0 Å². The van der Waals surface area contributed by atoms with E-state index in [9.17, 15) is 9.18 Å². The number of carbonyl (C=O) groups is 1. The lowest BCUT2D eigenvalue weighted by Crippen LogP contribution is -2.20. The zero-order valence-electron chi connectivity index (χ0n) is 15.1. The number of rotatable bonds is 3. The van der Waals surface area contributed by atoms with Gasteiger partial charge in [-0.2, -0.15) is 0 Å². The number of halogens is 1. The number of nitrogens with one attached hydrogen (secondary N) is 1.